The number of terminal acetylenes is 1. The molecule has 0 aromatic carbocycles. The van der Waals surface area contributed by atoms with Crippen molar-refractivity contribution in [2.75, 3.05) is 20.3 Å². The maximum atomic E-state index is 11.6. The molecule has 4 nitrogen and oxygen atoms in total. The molecule has 0 saturated carbocycles. The Bertz CT molecular complexity index is 273. The van der Waals surface area contributed by atoms with Crippen LogP contribution < -0.4 is 0 Å². The molecule has 0 N–H and O–H groups in total. The number of ether oxygens (including phenoxy) is 3. The molecule has 1 aliphatic heterocycles. The van der Waals surface area contributed by atoms with Gasteiger partial charge in [-0.3, -0.25) is 0 Å². The van der Waals surface area contributed by atoms with Crippen molar-refractivity contribution in [3.63, 3.8) is 0 Å². The monoisotopic (exact) mass is 276 g/mol. The van der Waals surface area contributed by atoms with Crippen LogP contribution in [0.4, 0.5) is 0 Å². The van der Waals surface area contributed by atoms with Crippen LogP contribution in [0.5, 0.6) is 0 Å². The Kier molecular flexibility index (Phi) is 4.58. The highest BCUT2D eigenvalue weighted by molar-refractivity contribution is 9.09. The summed E-state index contributed by atoms with van der Waals surface area (Å²) in [7, 11) is 1.29. The number of esters is 1. The minimum atomic E-state index is -1.39. The van der Waals surface area contributed by atoms with Crippen LogP contribution in [-0.2, 0) is 19.0 Å². The molecule has 1 fully saturated rings. The Morgan fingerprint density at radius 2 is 2.53 bits per heavy atom. The fourth-order valence-corrected chi connectivity index (χ4v) is 2.21. The van der Waals surface area contributed by atoms with Crippen molar-refractivity contribution in [1.82, 2.24) is 0 Å². The zero-order chi connectivity index (χ0) is 11.3. The molecule has 1 heterocycles. The van der Waals surface area contributed by atoms with E-state index in [4.69, 9.17) is 15.9 Å². The molecule has 1 saturated heterocycles. The predicted molar refractivity (Wildman–Crippen MR) is 57.4 cm³/mol. The molecule has 2 unspecified atom stereocenters. The summed E-state index contributed by atoms with van der Waals surface area (Å²) in [6.07, 6.45) is 6.74. The van der Waals surface area contributed by atoms with Gasteiger partial charge in [0.05, 0.1) is 18.5 Å². The van der Waals surface area contributed by atoms with Crippen molar-refractivity contribution in [2.24, 2.45) is 0 Å². The Hall–Kier alpha value is -0.570. The molecule has 2 atom stereocenters. The van der Waals surface area contributed by atoms with E-state index >= 15 is 0 Å². The first-order chi connectivity index (χ1) is 7.17. The summed E-state index contributed by atoms with van der Waals surface area (Å²) in [4.78, 5) is 11.4. The van der Waals surface area contributed by atoms with Crippen LogP contribution in [0.25, 0.3) is 0 Å². The minimum Gasteiger partial charge on any atom is -0.465 e. The lowest BCUT2D eigenvalue weighted by atomic mass is 10.1. The van der Waals surface area contributed by atoms with Crippen molar-refractivity contribution in [2.45, 2.75) is 23.5 Å². The van der Waals surface area contributed by atoms with E-state index in [-0.39, 0.29) is 11.4 Å². The smallest absolute Gasteiger partial charge is 0.367 e. The number of alkyl halides is 1. The van der Waals surface area contributed by atoms with Gasteiger partial charge in [0.1, 0.15) is 6.61 Å². The number of hydrogen-bond donors (Lipinski definition) is 0. The maximum Gasteiger partial charge on any atom is 0.367 e. The van der Waals surface area contributed by atoms with Gasteiger partial charge < -0.3 is 14.2 Å². The third-order valence-corrected chi connectivity index (χ3v) is 3.23. The number of halogens is 1. The SMILES string of the molecule is C#CCOC1(C(=O)OC)OCCCC1Br. The van der Waals surface area contributed by atoms with Crippen molar-refractivity contribution in [3.8, 4) is 12.3 Å². The first kappa shape index (κ1) is 12.5. The van der Waals surface area contributed by atoms with Gasteiger partial charge in [0.2, 0.25) is 0 Å². The van der Waals surface area contributed by atoms with E-state index in [2.05, 4.69) is 26.6 Å². The van der Waals surface area contributed by atoms with E-state index in [9.17, 15) is 4.79 Å². The molecule has 0 aromatic heterocycles. The lowest BCUT2D eigenvalue weighted by molar-refractivity contribution is -0.250. The lowest BCUT2D eigenvalue weighted by Crippen LogP contribution is -2.54. The highest BCUT2D eigenvalue weighted by atomic mass is 79.9. The molecule has 0 aliphatic carbocycles. The van der Waals surface area contributed by atoms with Gasteiger partial charge in [0, 0.05) is 0 Å². The number of carbonyl (C=O) groups is 1. The van der Waals surface area contributed by atoms with Gasteiger partial charge in [-0.15, -0.1) is 6.42 Å². The average molecular weight is 277 g/mol. The van der Waals surface area contributed by atoms with E-state index in [1.165, 1.54) is 7.11 Å². The molecular weight excluding hydrogens is 264 g/mol. The molecule has 1 aliphatic rings. The Balaban J connectivity index is 2.83. The zero-order valence-corrected chi connectivity index (χ0v) is 10.1. The Labute approximate surface area is 97.4 Å². The first-order valence-corrected chi connectivity index (χ1v) is 5.53. The number of rotatable bonds is 3. The van der Waals surface area contributed by atoms with Gasteiger partial charge in [-0.25, -0.2) is 4.79 Å². The van der Waals surface area contributed by atoms with Gasteiger partial charge in [-0.1, -0.05) is 21.9 Å². The van der Waals surface area contributed by atoms with Crippen molar-refractivity contribution in [1.29, 1.82) is 0 Å². The second-order valence-corrected chi connectivity index (χ2v) is 4.22. The second-order valence-electron chi connectivity index (χ2n) is 3.11. The molecule has 0 radical (unpaired) electrons. The summed E-state index contributed by atoms with van der Waals surface area (Å²) in [5, 5.41) is 0. The maximum absolute atomic E-state index is 11.6. The van der Waals surface area contributed by atoms with Gasteiger partial charge >= 0.3 is 5.97 Å². The van der Waals surface area contributed by atoms with Crippen LogP contribution in [0.1, 0.15) is 12.8 Å². The standard InChI is InChI=1S/C10H13BrO4/c1-3-6-14-10(9(12)13-2)8(11)5-4-7-15-10/h1,8H,4-7H2,2H3. The highest BCUT2D eigenvalue weighted by Crippen LogP contribution is 2.33. The van der Waals surface area contributed by atoms with Crippen LogP contribution in [0.3, 0.4) is 0 Å². The molecule has 15 heavy (non-hydrogen) atoms. The summed E-state index contributed by atoms with van der Waals surface area (Å²) in [6.45, 7) is 0.471. The van der Waals surface area contributed by atoms with Crippen LogP contribution in [0.2, 0.25) is 0 Å². The van der Waals surface area contributed by atoms with Crippen molar-refractivity contribution in [3.05, 3.63) is 0 Å². The topological polar surface area (TPSA) is 44.8 Å². The normalized spacial score (nSPS) is 30.6. The molecular formula is C10H13BrO4. The zero-order valence-electron chi connectivity index (χ0n) is 8.49. The molecule has 0 spiro atoms. The number of carbonyl (C=O) groups excluding carboxylic acids is 1. The molecule has 84 valence electrons. The van der Waals surface area contributed by atoms with Crippen LogP contribution >= 0.6 is 15.9 Å². The number of hydrogen-bond acceptors (Lipinski definition) is 4. The van der Waals surface area contributed by atoms with E-state index in [0.717, 1.165) is 12.8 Å². The molecule has 0 amide bonds. The van der Waals surface area contributed by atoms with Crippen LogP contribution in [-0.4, -0.2) is 36.9 Å². The summed E-state index contributed by atoms with van der Waals surface area (Å²) in [5.74, 6) is 0.363. The van der Waals surface area contributed by atoms with E-state index in [1.54, 1.807) is 0 Å². The third kappa shape index (κ3) is 2.51. The molecule has 0 bridgehead atoms. The Morgan fingerprint density at radius 3 is 3.07 bits per heavy atom. The minimum absolute atomic E-state index is 0.0111. The second kappa shape index (κ2) is 5.50. The van der Waals surface area contributed by atoms with Crippen LogP contribution in [0.15, 0.2) is 0 Å². The summed E-state index contributed by atoms with van der Waals surface area (Å²) in [5.41, 5.74) is 0. The summed E-state index contributed by atoms with van der Waals surface area (Å²) < 4.78 is 15.4. The molecule has 0 aromatic rings. The first-order valence-electron chi connectivity index (χ1n) is 4.61. The van der Waals surface area contributed by atoms with E-state index in [0.29, 0.717) is 6.61 Å². The van der Waals surface area contributed by atoms with Gasteiger partial charge in [0.25, 0.3) is 5.79 Å². The Morgan fingerprint density at radius 1 is 1.80 bits per heavy atom. The van der Waals surface area contributed by atoms with Crippen molar-refractivity contribution < 1.29 is 19.0 Å². The quantitative estimate of drug-likeness (QED) is 0.440. The van der Waals surface area contributed by atoms with Gasteiger partial charge in [-0.2, -0.15) is 0 Å². The molecule has 1 rings (SSSR count). The predicted octanol–water partition coefficient (Wildman–Crippen LogP) is 1.08. The van der Waals surface area contributed by atoms with Gasteiger partial charge in [-0.05, 0) is 12.8 Å². The largest absolute Gasteiger partial charge is 0.465 e. The van der Waals surface area contributed by atoms with E-state index in [1.807, 2.05) is 0 Å². The number of methoxy groups -OCH3 is 1. The fraction of sp³-hybridized carbons (Fsp3) is 0.700. The van der Waals surface area contributed by atoms with Crippen LogP contribution in [0, 0.1) is 12.3 Å². The summed E-state index contributed by atoms with van der Waals surface area (Å²) >= 11 is 3.36. The summed E-state index contributed by atoms with van der Waals surface area (Å²) in [6, 6.07) is 0. The molecule has 5 heteroatoms. The lowest BCUT2D eigenvalue weighted by Gasteiger charge is -2.37. The average Bonchev–Trinajstić information content (AvgIpc) is 2.27. The third-order valence-electron chi connectivity index (χ3n) is 2.17. The van der Waals surface area contributed by atoms with E-state index < -0.39 is 11.8 Å². The van der Waals surface area contributed by atoms with Crippen molar-refractivity contribution >= 4 is 21.9 Å². The van der Waals surface area contributed by atoms with Gasteiger partial charge in [0.15, 0.2) is 0 Å². The highest BCUT2D eigenvalue weighted by Gasteiger charge is 2.50. The fourth-order valence-electron chi connectivity index (χ4n) is 1.44.